The van der Waals surface area contributed by atoms with Crippen molar-refractivity contribution in [2.75, 3.05) is 50.8 Å². The van der Waals surface area contributed by atoms with Gasteiger partial charge in [-0.3, -0.25) is 4.21 Å². The molecular weight excluding hydrogens is 426 g/mol. The van der Waals surface area contributed by atoms with Crippen molar-refractivity contribution in [3.8, 4) is 28.6 Å². The van der Waals surface area contributed by atoms with Crippen LogP contribution in [0.2, 0.25) is 5.02 Å². The summed E-state index contributed by atoms with van der Waals surface area (Å²) in [7, 11) is 3.92. The molecule has 0 atom stereocenters. The number of aromatic nitrogens is 2. The molecule has 7 nitrogen and oxygen atoms in total. The molecule has 0 N–H and O–H groups in total. The normalized spacial score (nSPS) is 14.7. The third-order valence-corrected chi connectivity index (χ3v) is 6.58. The van der Waals surface area contributed by atoms with E-state index in [0.29, 0.717) is 58.2 Å². The van der Waals surface area contributed by atoms with Crippen LogP contribution in [0, 0.1) is 0 Å². The molecule has 0 radical (unpaired) electrons. The minimum atomic E-state index is -0.799. The van der Waals surface area contributed by atoms with Crippen molar-refractivity contribution in [1.82, 2.24) is 9.97 Å². The monoisotopic (exact) mass is 447 g/mol. The molecule has 1 aliphatic heterocycles. The molecule has 2 heterocycles. The van der Waals surface area contributed by atoms with Crippen LogP contribution in [0.3, 0.4) is 0 Å². The van der Waals surface area contributed by atoms with Gasteiger partial charge < -0.3 is 19.1 Å². The maximum absolute atomic E-state index is 11.9. The van der Waals surface area contributed by atoms with Gasteiger partial charge in [0, 0.05) is 46.0 Å². The Morgan fingerprint density at radius 3 is 2.23 bits per heavy atom. The molecule has 9 heteroatoms. The van der Waals surface area contributed by atoms with Gasteiger partial charge in [-0.2, -0.15) is 0 Å². The largest absolute Gasteiger partial charge is 0.493 e. The van der Waals surface area contributed by atoms with Gasteiger partial charge in [-0.25, -0.2) is 9.97 Å². The van der Waals surface area contributed by atoms with Crippen molar-refractivity contribution in [3.05, 3.63) is 35.4 Å². The molecule has 4 rings (SSSR count). The van der Waals surface area contributed by atoms with E-state index in [0.717, 1.165) is 16.8 Å². The molecular formula is C21H22ClN3O4S. The minimum Gasteiger partial charge on any atom is -0.493 e. The van der Waals surface area contributed by atoms with Gasteiger partial charge >= 0.3 is 0 Å². The number of hydrogen-bond donors (Lipinski definition) is 0. The van der Waals surface area contributed by atoms with Crippen LogP contribution >= 0.6 is 11.6 Å². The van der Waals surface area contributed by atoms with E-state index < -0.39 is 10.8 Å². The lowest BCUT2D eigenvalue weighted by molar-refractivity contribution is 0.327. The van der Waals surface area contributed by atoms with Crippen molar-refractivity contribution in [3.63, 3.8) is 0 Å². The Bertz CT molecular complexity index is 1100. The molecule has 1 aliphatic rings. The maximum Gasteiger partial charge on any atom is 0.205 e. The first-order valence-electron chi connectivity index (χ1n) is 9.42. The second-order valence-corrected chi connectivity index (χ2v) is 8.89. The molecule has 3 aromatic rings. The van der Waals surface area contributed by atoms with Crippen LogP contribution < -0.4 is 19.1 Å². The summed E-state index contributed by atoms with van der Waals surface area (Å²) < 4.78 is 28.6. The Morgan fingerprint density at radius 1 is 0.967 bits per heavy atom. The van der Waals surface area contributed by atoms with Gasteiger partial charge in [0.2, 0.25) is 5.75 Å². The number of ether oxygens (including phenoxy) is 3. The van der Waals surface area contributed by atoms with E-state index in [9.17, 15) is 4.21 Å². The predicted molar refractivity (Wildman–Crippen MR) is 120 cm³/mol. The predicted octanol–water partition coefficient (Wildman–Crippen LogP) is 3.54. The maximum atomic E-state index is 11.9. The molecule has 1 saturated heterocycles. The van der Waals surface area contributed by atoms with E-state index in [1.807, 2.05) is 18.2 Å². The van der Waals surface area contributed by atoms with Crippen LogP contribution in [-0.2, 0) is 10.8 Å². The lowest BCUT2D eigenvalue weighted by Gasteiger charge is -2.29. The van der Waals surface area contributed by atoms with Gasteiger partial charge in [0.25, 0.3) is 0 Å². The molecule has 0 unspecified atom stereocenters. The lowest BCUT2D eigenvalue weighted by atomic mass is 10.1. The highest BCUT2D eigenvalue weighted by Gasteiger charge is 2.25. The summed E-state index contributed by atoms with van der Waals surface area (Å²) in [5, 5.41) is 1.43. The average Bonchev–Trinajstić information content (AvgIpc) is 2.78. The summed E-state index contributed by atoms with van der Waals surface area (Å²) >= 11 is 6.05. The van der Waals surface area contributed by atoms with Crippen LogP contribution in [0.4, 0.5) is 5.82 Å². The number of methoxy groups -OCH3 is 3. The van der Waals surface area contributed by atoms with Gasteiger partial charge in [-0.15, -0.1) is 0 Å². The van der Waals surface area contributed by atoms with Crippen LogP contribution in [-0.4, -0.2) is 60.1 Å². The number of hydrogen-bond acceptors (Lipinski definition) is 7. The van der Waals surface area contributed by atoms with Crippen LogP contribution in [0.5, 0.6) is 17.2 Å². The fourth-order valence-corrected chi connectivity index (χ4v) is 4.71. The van der Waals surface area contributed by atoms with Crippen LogP contribution in [0.25, 0.3) is 22.3 Å². The fraction of sp³-hybridized carbons (Fsp3) is 0.333. The summed E-state index contributed by atoms with van der Waals surface area (Å²) in [4.78, 5) is 11.8. The fourth-order valence-electron chi connectivity index (χ4n) is 3.53. The topological polar surface area (TPSA) is 73.8 Å². The summed E-state index contributed by atoms with van der Waals surface area (Å²) in [5.74, 6) is 3.99. The third-order valence-electron chi connectivity index (χ3n) is 5.05. The molecule has 0 spiro atoms. The van der Waals surface area contributed by atoms with E-state index >= 15 is 0 Å². The molecule has 0 saturated carbocycles. The molecule has 1 aromatic heterocycles. The number of fused-ring (bicyclic) bond motifs is 1. The van der Waals surface area contributed by atoms with E-state index in [4.69, 9.17) is 35.8 Å². The number of anilines is 1. The third kappa shape index (κ3) is 3.77. The Kier molecular flexibility index (Phi) is 5.97. The van der Waals surface area contributed by atoms with E-state index in [1.165, 1.54) is 0 Å². The van der Waals surface area contributed by atoms with Crippen molar-refractivity contribution >= 4 is 39.1 Å². The van der Waals surface area contributed by atoms with Crippen molar-refractivity contribution in [2.45, 2.75) is 0 Å². The van der Waals surface area contributed by atoms with Gasteiger partial charge in [0.1, 0.15) is 11.3 Å². The first-order chi connectivity index (χ1) is 14.5. The second kappa shape index (κ2) is 8.65. The molecule has 30 heavy (non-hydrogen) atoms. The van der Waals surface area contributed by atoms with E-state index in [-0.39, 0.29) is 0 Å². The van der Waals surface area contributed by atoms with Crippen LogP contribution in [0.15, 0.2) is 30.3 Å². The Hall–Kier alpha value is -2.58. The summed E-state index contributed by atoms with van der Waals surface area (Å²) in [6, 6.07) is 9.24. The SMILES string of the molecule is COc1cc2c(N3CCS(=O)CC3)nc(-c3ccc(Cl)cc3)nc2c(OC)c1OC. The quantitative estimate of drug-likeness (QED) is 0.592. The first kappa shape index (κ1) is 20.7. The van der Waals surface area contributed by atoms with E-state index in [1.54, 1.807) is 33.5 Å². The molecule has 0 aliphatic carbocycles. The van der Waals surface area contributed by atoms with Crippen molar-refractivity contribution in [1.29, 1.82) is 0 Å². The Labute approximate surface area is 182 Å². The smallest absolute Gasteiger partial charge is 0.205 e. The molecule has 0 bridgehead atoms. The average molecular weight is 448 g/mol. The minimum absolute atomic E-state index is 0.471. The van der Waals surface area contributed by atoms with Gasteiger partial charge in [0.05, 0.1) is 26.7 Å². The molecule has 158 valence electrons. The highest BCUT2D eigenvalue weighted by Crippen LogP contribution is 2.45. The zero-order chi connectivity index (χ0) is 21.3. The number of rotatable bonds is 5. The lowest BCUT2D eigenvalue weighted by Crippen LogP contribution is -2.38. The zero-order valence-corrected chi connectivity index (χ0v) is 18.5. The number of benzene rings is 2. The van der Waals surface area contributed by atoms with Crippen molar-refractivity contribution < 1.29 is 18.4 Å². The van der Waals surface area contributed by atoms with Crippen molar-refractivity contribution in [2.24, 2.45) is 0 Å². The van der Waals surface area contributed by atoms with E-state index in [2.05, 4.69) is 4.90 Å². The molecule has 1 fully saturated rings. The zero-order valence-electron chi connectivity index (χ0n) is 17.0. The summed E-state index contributed by atoms with van der Waals surface area (Å²) in [6.07, 6.45) is 0. The van der Waals surface area contributed by atoms with Crippen LogP contribution in [0.1, 0.15) is 0 Å². The molecule has 0 amide bonds. The highest BCUT2D eigenvalue weighted by atomic mass is 35.5. The molecule has 2 aromatic carbocycles. The first-order valence-corrected chi connectivity index (χ1v) is 11.3. The summed E-state index contributed by atoms with van der Waals surface area (Å²) in [6.45, 7) is 1.30. The second-order valence-electron chi connectivity index (χ2n) is 6.75. The highest BCUT2D eigenvalue weighted by molar-refractivity contribution is 7.85. The number of halogens is 1. The Morgan fingerprint density at radius 2 is 1.63 bits per heavy atom. The summed E-state index contributed by atoms with van der Waals surface area (Å²) in [5.41, 5.74) is 1.46. The van der Waals surface area contributed by atoms with Gasteiger partial charge in [0.15, 0.2) is 17.3 Å². The van der Waals surface area contributed by atoms with Gasteiger partial charge in [-0.05, 0) is 30.3 Å². The standard InChI is InChI=1S/C21H22ClN3O4S/c1-27-16-12-15-17(19(29-3)18(16)28-2)23-20(13-4-6-14(22)7-5-13)24-21(15)25-8-10-30(26)11-9-25/h4-7,12H,8-11H2,1-3H3. The number of nitrogens with zero attached hydrogens (tertiary/aromatic N) is 3. The Balaban J connectivity index is 2.00. The van der Waals surface area contributed by atoms with Gasteiger partial charge in [-0.1, -0.05) is 11.6 Å².